The highest BCUT2D eigenvalue weighted by atomic mass is 19.4. The number of amides is 3. The minimum Gasteiger partial charge on any atom is -0.441 e. The van der Waals surface area contributed by atoms with Crippen LogP contribution in [0.25, 0.3) is 11.3 Å². The molecule has 2 atom stereocenters. The number of oxazole rings is 1. The quantitative estimate of drug-likeness (QED) is 0.530. The number of nitrogens with one attached hydrogen (secondary N) is 2. The number of aromatic nitrogens is 3. The summed E-state index contributed by atoms with van der Waals surface area (Å²) >= 11 is 0. The number of fused-ring (bicyclic) bond motifs is 4. The Morgan fingerprint density at radius 3 is 2.71 bits per heavy atom. The van der Waals surface area contributed by atoms with E-state index in [9.17, 15) is 27.6 Å². The van der Waals surface area contributed by atoms with Crippen LogP contribution in [0.2, 0.25) is 0 Å². The molecule has 3 aromatic heterocycles. The number of nitrogens with zero attached hydrogens (tertiary/aromatic N) is 5. The molecule has 3 amide bonds. The summed E-state index contributed by atoms with van der Waals surface area (Å²) < 4.78 is 45.7. The van der Waals surface area contributed by atoms with Crippen LogP contribution in [0.15, 0.2) is 39.8 Å². The second-order valence-corrected chi connectivity index (χ2v) is 9.27. The molecule has 1 fully saturated rings. The summed E-state index contributed by atoms with van der Waals surface area (Å²) in [6.45, 7) is 3.64. The highest BCUT2D eigenvalue weighted by Gasteiger charge is 2.41. The normalized spacial score (nSPS) is 17.3. The maximum absolute atomic E-state index is 13.5. The third-order valence-corrected chi connectivity index (χ3v) is 6.57. The monoisotopic (exact) mass is 531 g/mol. The molecule has 2 aliphatic heterocycles. The number of rotatable bonds is 4. The lowest BCUT2D eigenvalue weighted by molar-refractivity contribution is -0.149. The molecule has 0 spiro atoms. The van der Waals surface area contributed by atoms with Crippen molar-refractivity contribution in [2.45, 2.75) is 38.5 Å². The first-order valence-corrected chi connectivity index (χ1v) is 11.8. The van der Waals surface area contributed by atoms with Gasteiger partial charge in [0.2, 0.25) is 0 Å². The predicted octanol–water partition coefficient (Wildman–Crippen LogP) is 3.06. The molecule has 5 rings (SSSR count). The number of carbonyl (C=O) groups excluding carboxylic acids is 2. The number of halogens is 3. The molecular formula is C24H24F3N7O4. The van der Waals surface area contributed by atoms with E-state index in [1.807, 2.05) is 10.2 Å². The zero-order chi connectivity index (χ0) is 27.4. The molecule has 0 aliphatic carbocycles. The van der Waals surface area contributed by atoms with E-state index in [1.54, 1.807) is 19.2 Å². The van der Waals surface area contributed by atoms with Gasteiger partial charge in [-0.2, -0.15) is 13.2 Å². The Morgan fingerprint density at radius 1 is 1.26 bits per heavy atom. The van der Waals surface area contributed by atoms with Crippen molar-refractivity contribution in [2.24, 2.45) is 7.05 Å². The smallest absolute Gasteiger partial charge is 0.408 e. The van der Waals surface area contributed by atoms with Gasteiger partial charge in [-0.1, -0.05) is 0 Å². The van der Waals surface area contributed by atoms with Crippen molar-refractivity contribution in [3.63, 3.8) is 0 Å². The van der Waals surface area contributed by atoms with Gasteiger partial charge >= 0.3 is 12.2 Å². The van der Waals surface area contributed by atoms with Gasteiger partial charge in [-0.05, 0) is 31.5 Å². The van der Waals surface area contributed by atoms with Crippen molar-refractivity contribution in [3.05, 3.63) is 52.5 Å². The SMILES string of the molecule is Cc1ncc(-c2cc(NC(=O)N3c4nc(C(=O)N[C@H](C)C(F)(F)F)ccc4N4CCC3C4)c(=O)n(C)c2)o1. The summed E-state index contributed by atoms with van der Waals surface area (Å²) in [5.74, 6) is -0.0447. The van der Waals surface area contributed by atoms with Crippen LogP contribution in [-0.2, 0) is 7.05 Å². The molecule has 2 aliphatic rings. The third kappa shape index (κ3) is 4.57. The van der Waals surface area contributed by atoms with E-state index >= 15 is 0 Å². The second kappa shape index (κ2) is 9.19. The molecule has 2 N–H and O–H groups in total. The Labute approximate surface area is 214 Å². The summed E-state index contributed by atoms with van der Waals surface area (Å²) in [5.41, 5.74) is 0.335. The largest absolute Gasteiger partial charge is 0.441 e. The highest BCUT2D eigenvalue weighted by Crippen LogP contribution is 2.39. The number of alkyl halides is 3. The van der Waals surface area contributed by atoms with E-state index in [-0.39, 0.29) is 23.2 Å². The summed E-state index contributed by atoms with van der Waals surface area (Å²) in [5, 5.41) is 4.53. The highest BCUT2D eigenvalue weighted by molar-refractivity contribution is 6.05. The van der Waals surface area contributed by atoms with Crippen molar-refractivity contribution in [1.82, 2.24) is 19.9 Å². The molecule has 2 bridgehead atoms. The number of hydrogen-bond donors (Lipinski definition) is 2. The third-order valence-electron chi connectivity index (χ3n) is 6.57. The van der Waals surface area contributed by atoms with E-state index in [1.165, 1.54) is 34.8 Å². The molecule has 0 saturated carbocycles. The van der Waals surface area contributed by atoms with Crippen molar-refractivity contribution >= 4 is 29.1 Å². The second-order valence-electron chi connectivity index (χ2n) is 9.27. The van der Waals surface area contributed by atoms with Gasteiger partial charge in [0, 0.05) is 38.8 Å². The number of aryl methyl sites for hydroxylation is 2. The first-order chi connectivity index (χ1) is 17.9. The summed E-state index contributed by atoms with van der Waals surface area (Å²) in [6.07, 6.45) is -0.959. The fraction of sp³-hybridized carbons (Fsp3) is 0.375. The Hall–Kier alpha value is -4.36. The van der Waals surface area contributed by atoms with Crippen molar-refractivity contribution < 1.29 is 27.2 Å². The Morgan fingerprint density at radius 2 is 2.03 bits per heavy atom. The minimum atomic E-state index is -4.62. The number of anilines is 3. The van der Waals surface area contributed by atoms with Gasteiger partial charge in [0.15, 0.2) is 17.5 Å². The molecular weight excluding hydrogens is 507 g/mol. The fourth-order valence-electron chi connectivity index (χ4n) is 4.56. The van der Waals surface area contributed by atoms with Crippen molar-refractivity contribution in [3.8, 4) is 11.3 Å². The molecule has 1 saturated heterocycles. The number of urea groups is 1. The fourth-order valence-corrected chi connectivity index (χ4v) is 4.56. The van der Waals surface area contributed by atoms with E-state index in [4.69, 9.17) is 4.42 Å². The molecule has 14 heteroatoms. The van der Waals surface area contributed by atoms with Crippen LogP contribution in [0.4, 0.5) is 35.2 Å². The first kappa shape index (κ1) is 25.3. The Bertz CT molecular complexity index is 1480. The first-order valence-electron chi connectivity index (χ1n) is 11.8. The van der Waals surface area contributed by atoms with Gasteiger partial charge < -0.3 is 24.5 Å². The molecule has 200 valence electrons. The van der Waals surface area contributed by atoms with Crippen LogP contribution in [0.3, 0.4) is 0 Å². The average molecular weight is 531 g/mol. The van der Waals surface area contributed by atoms with Gasteiger partial charge in [-0.15, -0.1) is 0 Å². The van der Waals surface area contributed by atoms with Gasteiger partial charge in [0.05, 0.1) is 17.9 Å². The van der Waals surface area contributed by atoms with Crippen molar-refractivity contribution in [1.29, 1.82) is 0 Å². The van der Waals surface area contributed by atoms with Crippen molar-refractivity contribution in [2.75, 3.05) is 28.2 Å². The maximum atomic E-state index is 13.5. The molecule has 0 aromatic carbocycles. The number of carbonyl (C=O) groups is 2. The lowest BCUT2D eigenvalue weighted by Crippen LogP contribution is -2.49. The van der Waals surface area contributed by atoms with Crippen LogP contribution in [-0.4, -0.2) is 57.8 Å². The predicted molar refractivity (Wildman–Crippen MR) is 131 cm³/mol. The minimum absolute atomic E-state index is 0.0149. The van der Waals surface area contributed by atoms with Gasteiger partial charge in [0.1, 0.15) is 17.4 Å². The standard InChI is InChI=1S/C24H24F3N7O4/c1-12(24(25,26)27)29-21(35)16-4-5-18-20(30-16)34(15-6-7-33(18)11-15)23(37)31-17-8-14(10-32(3)22(17)36)19-9-28-13(2)38-19/h4-5,8-10,12,15H,6-7,11H2,1-3H3,(H,29,35)(H,31,37)/t12-,15?/m1/s1. The summed E-state index contributed by atoms with van der Waals surface area (Å²) in [7, 11) is 1.53. The topological polar surface area (TPSA) is 126 Å². The Balaban J connectivity index is 1.47. The number of hydrogen-bond acceptors (Lipinski definition) is 7. The van der Waals surface area contributed by atoms with Gasteiger partial charge in [0.25, 0.3) is 11.5 Å². The molecule has 3 aromatic rings. The molecule has 0 radical (unpaired) electrons. The van der Waals surface area contributed by atoms with E-state index in [0.717, 1.165) is 6.92 Å². The van der Waals surface area contributed by atoms with Crippen LogP contribution in [0, 0.1) is 6.92 Å². The van der Waals surface area contributed by atoms with E-state index in [2.05, 4.69) is 15.3 Å². The lowest BCUT2D eigenvalue weighted by atomic mass is 10.1. The van der Waals surface area contributed by atoms with Gasteiger partial charge in [-0.3, -0.25) is 14.5 Å². The molecule has 5 heterocycles. The van der Waals surface area contributed by atoms with E-state index < -0.39 is 29.7 Å². The summed E-state index contributed by atoms with van der Waals surface area (Å²) in [6, 6.07) is 1.31. The Kier molecular flexibility index (Phi) is 6.12. The van der Waals surface area contributed by atoms with Crippen LogP contribution in [0.5, 0.6) is 0 Å². The van der Waals surface area contributed by atoms with Crippen LogP contribution >= 0.6 is 0 Å². The van der Waals surface area contributed by atoms with E-state index in [0.29, 0.717) is 42.4 Å². The molecule has 1 unspecified atom stereocenters. The molecule has 38 heavy (non-hydrogen) atoms. The maximum Gasteiger partial charge on any atom is 0.408 e. The average Bonchev–Trinajstić information content (AvgIpc) is 3.48. The molecule has 11 nitrogen and oxygen atoms in total. The lowest BCUT2D eigenvalue weighted by Gasteiger charge is -2.35. The van der Waals surface area contributed by atoms with Gasteiger partial charge in [-0.25, -0.2) is 14.8 Å². The zero-order valence-corrected chi connectivity index (χ0v) is 20.7. The zero-order valence-electron chi connectivity index (χ0n) is 20.7. The number of pyridine rings is 2. The summed E-state index contributed by atoms with van der Waals surface area (Å²) in [4.78, 5) is 50.6. The van der Waals surface area contributed by atoms with Crippen LogP contribution < -0.4 is 26.0 Å². The van der Waals surface area contributed by atoms with Crippen LogP contribution in [0.1, 0.15) is 29.7 Å².